The average molecular weight is 480 g/mol. The van der Waals surface area contributed by atoms with Gasteiger partial charge in [0.05, 0.1) is 17.3 Å². The van der Waals surface area contributed by atoms with Gasteiger partial charge in [0.25, 0.3) is 0 Å². The summed E-state index contributed by atoms with van der Waals surface area (Å²) < 4.78 is 14.5. The maximum absolute atomic E-state index is 14.5. The molecule has 0 bridgehead atoms. The Labute approximate surface area is 194 Å². The number of carbonyl (C=O) groups is 1. The number of aromatic amines is 1. The average Bonchev–Trinajstić information content (AvgIpc) is 3.22. The number of carbonyl (C=O) groups excluding carboxylic acids is 1. The van der Waals surface area contributed by atoms with Gasteiger partial charge < -0.3 is 20.5 Å². The van der Waals surface area contributed by atoms with E-state index in [0.29, 0.717) is 54.0 Å². The van der Waals surface area contributed by atoms with Crippen LogP contribution in [0.5, 0.6) is 0 Å². The van der Waals surface area contributed by atoms with Crippen LogP contribution in [0, 0.1) is 5.82 Å². The van der Waals surface area contributed by atoms with E-state index in [2.05, 4.69) is 30.6 Å². The molecule has 0 radical (unpaired) electrons. The maximum atomic E-state index is 14.5. The number of hydrogen-bond acceptors (Lipinski definition) is 5. The third kappa shape index (κ3) is 5.05. The van der Waals surface area contributed by atoms with Crippen LogP contribution in [0.1, 0.15) is 25.7 Å². The smallest absolute Gasteiger partial charge is 0.317 e. The molecule has 11 heteroatoms. The summed E-state index contributed by atoms with van der Waals surface area (Å²) in [7, 11) is 0. The molecular weight excluding hydrogens is 456 g/mol. The highest BCUT2D eigenvalue weighted by atomic mass is 35.5. The lowest BCUT2D eigenvalue weighted by Gasteiger charge is -2.36. The lowest BCUT2D eigenvalue weighted by Crippen LogP contribution is -2.51. The second-order valence-electron chi connectivity index (χ2n) is 7.64. The minimum Gasteiger partial charge on any atom is -0.365 e. The number of halogens is 3. The molecule has 1 aliphatic heterocycles. The molecule has 1 saturated heterocycles. The Morgan fingerprint density at radius 1 is 1.31 bits per heavy atom. The van der Waals surface area contributed by atoms with Crippen LogP contribution >= 0.6 is 23.2 Å². The van der Waals surface area contributed by atoms with Crippen molar-refractivity contribution in [3.8, 4) is 11.4 Å². The summed E-state index contributed by atoms with van der Waals surface area (Å²) >= 11 is 11.8. The molecule has 2 amide bonds. The molecule has 0 aliphatic carbocycles. The molecule has 0 aromatic carbocycles. The van der Waals surface area contributed by atoms with Gasteiger partial charge >= 0.3 is 6.03 Å². The highest BCUT2D eigenvalue weighted by Gasteiger charge is 2.27. The van der Waals surface area contributed by atoms with Crippen LogP contribution < -0.4 is 10.6 Å². The van der Waals surface area contributed by atoms with E-state index >= 15 is 0 Å². The Morgan fingerprint density at radius 3 is 3.03 bits per heavy atom. The molecule has 4 rings (SSSR count). The quantitative estimate of drug-likeness (QED) is 0.344. The van der Waals surface area contributed by atoms with Crippen molar-refractivity contribution in [1.82, 2.24) is 30.2 Å². The fraction of sp³-hybridized carbons (Fsp3) is 0.429. The number of likely N-dealkylation sites (tertiary alicyclic amines) is 1. The molecule has 1 atom stereocenters. The molecular formula is C21H24Cl2FN7O. The Balaban J connectivity index is 1.49. The summed E-state index contributed by atoms with van der Waals surface area (Å²) in [5.74, 6) is 0.383. The molecule has 170 valence electrons. The number of aromatic nitrogens is 4. The summed E-state index contributed by atoms with van der Waals surface area (Å²) in [5.41, 5.74) is 1.32. The summed E-state index contributed by atoms with van der Waals surface area (Å²) in [6.45, 7) is 1.59. The van der Waals surface area contributed by atoms with E-state index in [1.165, 1.54) is 0 Å². The third-order valence-electron chi connectivity index (χ3n) is 5.46. The van der Waals surface area contributed by atoms with E-state index in [9.17, 15) is 9.18 Å². The summed E-state index contributed by atoms with van der Waals surface area (Å²) in [4.78, 5) is 30.2. The minimum atomic E-state index is -0.557. The fourth-order valence-corrected chi connectivity index (χ4v) is 4.13. The van der Waals surface area contributed by atoms with Crippen LogP contribution in [0.25, 0.3) is 22.4 Å². The van der Waals surface area contributed by atoms with Gasteiger partial charge in [0.2, 0.25) is 0 Å². The molecule has 3 aromatic heterocycles. The first kappa shape index (κ1) is 22.5. The molecule has 3 N–H and O–H groups in total. The second-order valence-corrected chi connectivity index (χ2v) is 8.45. The molecule has 3 aromatic rings. The van der Waals surface area contributed by atoms with Gasteiger partial charge in [-0.05, 0) is 31.7 Å². The summed E-state index contributed by atoms with van der Waals surface area (Å²) in [5, 5.41) is 7.21. The molecule has 0 saturated carbocycles. The topological polar surface area (TPSA) is 98.8 Å². The number of rotatable bonds is 7. The van der Waals surface area contributed by atoms with Crippen molar-refractivity contribution in [2.75, 3.05) is 30.8 Å². The van der Waals surface area contributed by atoms with Gasteiger partial charge in [-0.1, -0.05) is 11.6 Å². The van der Waals surface area contributed by atoms with Gasteiger partial charge in [-0.25, -0.2) is 24.1 Å². The van der Waals surface area contributed by atoms with Crippen LogP contribution in [0.2, 0.25) is 5.02 Å². The van der Waals surface area contributed by atoms with E-state index in [1.807, 2.05) is 0 Å². The van der Waals surface area contributed by atoms with Gasteiger partial charge in [-0.2, -0.15) is 0 Å². The minimum absolute atomic E-state index is 0.0614. The third-order valence-corrected chi connectivity index (χ3v) is 5.94. The lowest BCUT2D eigenvalue weighted by atomic mass is 10.0. The zero-order valence-electron chi connectivity index (χ0n) is 17.4. The highest BCUT2D eigenvalue weighted by molar-refractivity contribution is 6.31. The number of piperidine rings is 1. The van der Waals surface area contributed by atoms with Crippen LogP contribution in [0.4, 0.5) is 15.0 Å². The van der Waals surface area contributed by atoms with Crippen LogP contribution in [0.15, 0.2) is 24.7 Å². The van der Waals surface area contributed by atoms with Crippen molar-refractivity contribution < 1.29 is 9.18 Å². The Bertz CT molecular complexity index is 1090. The van der Waals surface area contributed by atoms with E-state index in [1.54, 1.807) is 23.4 Å². The summed E-state index contributed by atoms with van der Waals surface area (Å²) in [6.07, 6.45) is 7.92. The molecule has 8 nitrogen and oxygen atoms in total. The molecule has 0 unspecified atom stereocenters. The van der Waals surface area contributed by atoms with Gasteiger partial charge in [0.15, 0.2) is 17.5 Å². The number of pyridine rings is 1. The lowest BCUT2D eigenvalue weighted by molar-refractivity contribution is 0.155. The normalized spacial score (nSPS) is 16.3. The van der Waals surface area contributed by atoms with Gasteiger partial charge in [-0.15, -0.1) is 11.6 Å². The molecule has 32 heavy (non-hydrogen) atoms. The zero-order valence-corrected chi connectivity index (χ0v) is 18.9. The summed E-state index contributed by atoms with van der Waals surface area (Å²) in [6, 6.07) is 1.58. The van der Waals surface area contributed by atoms with E-state index in [0.717, 1.165) is 30.8 Å². The zero-order chi connectivity index (χ0) is 22.5. The van der Waals surface area contributed by atoms with Gasteiger partial charge in [0, 0.05) is 48.9 Å². The first-order valence-corrected chi connectivity index (χ1v) is 11.5. The van der Waals surface area contributed by atoms with E-state index in [4.69, 9.17) is 23.2 Å². The number of alkyl halides is 1. The monoisotopic (exact) mass is 479 g/mol. The molecule has 4 heterocycles. The van der Waals surface area contributed by atoms with Crippen molar-refractivity contribution in [3.05, 3.63) is 35.5 Å². The first-order valence-electron chi connectivity index (χ1n) is 10.6. The first-order chi connectivity index (χ1) is 15.6. The van der Waals surface area contributed by atoms with E-state index < -0.39 is 5.82 Å². The standard InChI is InChI=1S/C21H24Cl2FN7O/c22-5-3-6-25-21(32)31-7-2-1-4-14(31)10-27-20-17(24)12-29-19(30-20)16-11-28-18-15(16)8-13(23)9-26-18/h8-9,11-12,14H,1-7,10H2,(H,25,32)(H,26,28)(H,27,29,30)/t14-/m1/s1. The number of anilines is 1. The number of hydrogen-bond donors (Lipinski definition) is 3. The molecule has 0 spiro atoms. The Hall–Kier alpha value is -2.65. The van der Waals surface area contributed by atoms with Crippen LogP contribution in [0.3, 0.4) is 0 Å². The van der Waals surface area contributed by atoms with Crippen LogP contribution in [-0.2, 0) is 0 Å². The largest absolute Gasteiger partial charge is 0.365 e. The van der Waals surface area contributed by atoms with Crippen molar-refractivity contribution in [1.29, 1.82) is 0 Å². The Kier molecular flexibility index (Phi) is 7.26. The van der Waals surface area contributed by atoms with E-state index in [-0.39, 0.29) is 17.9 Å². The highest BCUT2D eigenvalue weighted by Crippen LogP contribution is 2.28. The van der Waals surface area contributed by atoms with Crippen molar-refractivity contribution in [2.24, 2.45) is 0 Å². The van der Waals surface area contributed by atoms with Crippen molar-refractivity contribution in [3.63, 3.8) is 0 Å². The fourth-order valence-electron chi connectivity index (χ4n) is 3.84. The number of amides is 2. The van der Waals surface area contributed by atoms with Crippen molar-refractivity contribution in [2.45, 2.75) is 31.7 Å². The molecule has 1 fully saturated rings. The Morgan fingerprint density at radius 2 is 2.19 bits per heavy atom. The number of nitrogens with zero attached hydrogens (tertiary/aromatic N) is 4. The SMILES string of the molecule is O=C(NCCCCl)N1CCCC[C@@H]1CNc1nc(-c2c[nH]c3ncc(Cl)cc23)ncc1F. The maximum Gasteiger partial charge on any atom is 0.317 e. The molecule has 1 aliphatic rings. The number of H-pyrrole nitrogens is 1. The van der Waals surface area contributed by atoms with Crippen molar-refractivity contribution >= 4 is 46.1 Å². The van der Waals surface area contributed by atoms with Gasteiger partial charge in [-0.3, -0.25) is 0 Å². The number of urea groups is 1. The predicted octanol–water partition coefficient (Wildman–Crippen LogP) is 4.42. The predicted molar refractivity (Wildman–Crippen MR) is 124 cm³/mol. The second kappa shape index (κ2) is 10.3. The number of fused-ring (bicyclic) bond motifs is 1. The van der Waals surface area contributed by atoms with Crippen LogP contribution in [-0.4, -0.2) is 62.4 Å². The van der Waals surface area contributed by atoms with Gasteiger partial charge in [0.1, 0.15) is 5.65 Å². The number of nitrogens with one attached hydrogen (secondary N) is 3.